The summed E-state index contributed by atoms with van der Waals surface area (Å²) in [6.07, 6.45) is -0.516. The van der Waals surface area contributed by atoms with E-state index >= 15 is 0 Å². The van der Waals surface area contributed by atoms with Gasteiger partial charge in [0.2, 0.25) is 0 Å². The van der Waals surface area contributed by atoms with Gasteiger partial charge < -0.3 is 15.1 Å². The summed E-state index contributed by atoms with van der Waals surface area (Å²) in [6.45, 7) is 1.43. The molecule has 0 saturated heterocycles. The molecule has 0 saturated carbocycles. The van der Waals surface area contributed by atoms with E-state index in [0.717, 1.165) is 11.1 Å². The van der Waals surface area contributed by atoms with Gasteiger partial charge in [-0.25, -0.2) is 0 Å². The highest BCUT2D eigenvalue weighted by atomic mass is 16.3. The molecule has 0 aliphatic rings. The summed E-state index contributed by atoms with van der Waals surface area (Å²) >= 11 is 0. The molecule has 4 heteroatoms. The van der Waals surface area contributed by atoms with Crippen LogP contribution in [0.1, 0.15) is 46.8 Å². The van der Waals surface area contributed by atoms with Gasteiger partial charge in [0.15, 0.2) is 0 Å². The summed E-state index contributed by atoms with van der Waals surface area (Å²) in [4.78, 5) is 7.11. The van der Waals surface area contributed by atoms with E-state index in [9.17, 15) is 5.11 Å². The van der Waals surface area contributed by atoms with E-state index in [-0.39, 0.29) is 5.92 Å². The van der Waals surface area contributed by atoms with Gasteiger partial charge in [-0.15, -0.1) is 0 Å². The van der Waals surface area contributed by atoms with Gasteiger partial charge in [-0.3, -0.25) is 0 Å². The molecular formula is C56H47N3O. The van der Waals surface area contributed by atoms with E-state index in [2.05, 4.69) is 174 Å². The summed E-state index contributed by atoms with van der Waals surface area (Å²) in [5.74, 6) is 0.161. The first-order valence-corrected chi connectivity index (χ1v) is 20.1. The fraction of sp³-hybridized carbons (Fsp3) is 0.0536. The third-order valence-electron chi connectivity index (χ3n) is 10.2. The Kier molecular flexibility index (Phi) is 13.9. The van der Waals surface area contributed by atoms with E-state index in [0.29, 0.717) is 0 Å². The zero-order valence-electron chi connectivity index (χ0n) is 33.6. The minimum atomic E-state index is -0.516. The molecule has 3 N–H and O–H groups in total. The van der Waals surface area contributed by atoms with Crippen LogP contribution in [0.4, 0.5) is 0 Å². The maximum absolute atomic E-state index is 9.99. The number of aromatic nitrogens is 2. The lowest BCUT2D eigenvalue weighted by Gasteiger charge is -2.20. The van der Waals surface area contributed by atoms with Crippen LogP contribution in [-0.2, 0) is 0 Å². The Morgan fingerprint density at radius 3 is 1.30 bits per heavy atom. The monoisotopic (exact) mass is 777 g/mol. The number of nitrogens with zero attached hydrogens (tertiary/aromatic N) is 1. The normalized spacial score (nSPS) is 10.4. The fourth-order valence-electron chi connectivity index (χ4n) is 7.42. The average Bonchev–Trinajstić information content (AvgIpc) is 3.94. The Labute approximate surface area is 352 Å². The van der Waals surface area contributed by atoms with Crippen molar-refractivity contribution < 1.29 is 5.11 Å². The van der Waals surface area contributed by atoms with E-state index in [1.165, 1.54) is 67.9 Å². The number of fused-ring (bicyclic) bond motifs is 2. The highest BCUT2D eigenvalue weighted by Crippen LogP contribution is 2.42. The largest absolute Gasteiger partial charge is 0.384 e. The molecule has 0 unspecified atom stereocenters. The van der Waals surface area contributed by atoms with Gasteiger partial charge >= 0.3 is 0 Å². The van der Waals surface area contributed by atoms with Crippen molar-refractivity contribution in [3.63, 3.8) is 0 Å². The van der Waals surface area contributed by atoms with Crippen molar-refractivity contribution in [1.29, 1.82) is 5.26 Å². The van der Waals surface area contributed by atoms with Crippen molar-refractivity contribution in [2.45, 2.75) is 18.9 Å². The summed E-state index contributed by atoms with van der Waals surface area (Å²) in [5.41, 5.74) is 13.0. The first kappa shape index (κ1) is 40.5. The smallest absolute Gasteiger partial charge is 0.104 e. The van der Waals surface area contributed by atoms with Crippen LogP contribution < -0.4 is 0 Å². The Morgan fingerprint density at radius 1 is 0.433 bits per heavy atom. The molecule has 2 heterocycles. The molecule has 0 bridgehead atoms. The number of benzene rings is 8. The minimum absolute atomic E-state index is 0.161. The summed E-state index contributed by atoms with van der Waals surface area (Å²) in [5, 5.41) is 19.8. The zero-order valence-corrected chi connectivity index (χ0v) is 33.6. The number of H-pyrrole nitrogens is 2. The number of aliphatic hydroxyl groups is 1. The first-order chi connectivity index (χ1) is 29.6. The SMILES string of the molecule is CC#N.OC(c1ccccc1)c1ccccc1.c1ccc(-c2[nH]c3ccccc3c2C(c2ccccc2)c2ccccc2)cc1.c1ccc(-c2cc3ccccc3[nH]2)cc1. The van der Waals surface area contributed by atoms with Crippen molar-refractivity contribution in [3.05, 3.63) is 264 Å². The van der Waals surface area contributed by atoms with Crippen molar-refractivity contribution in [3.8, 4) is 28.6 Å². The van der Waals surface area contributed by atoms with E-state index in [1.807, 2.05) is 72.8 Å². The van der Waals surface area contributed by atoms with Crippen molar-refractivity contribution in [2.75, 3.05) is 0 Å². The third kappa shape index (κ3) is 10.0. The zero-order chi connectivity index (χ0) is 41.4. The van der Waals surface area contributed by atoms with Gasteiger partial charge in [0, 0.05) is 40.3 Å². The summed E-state index contributed by atoms with van der Waals surface area (Å²) in [7, 11) is 0. The molecule has 2 aromatic heterocycles. The second kappa shape index (κ2) is 20.6. The predicted octanol–water partition coefficient (Wildman–Crippen LogP) is 14.1. The quantitative estimate of drug-likeness (QED) is 0.151. The predicted molar refractivity (Wildman–Crippen MR) is 250 cm³/mol. The maximum Gasteiger partial charge on any atom is 0.104 e. The number of nitrogens with one attached hydrogen (secondary N) is 2. The summed E-state index contributed by atoms with van der Waals surface area (Å²) in [6, 6.07) is 82.8. The number of hydrogen-bond acceptors (Lipinski definition) is 2. The Bertz CT molecular complexity index is 2720. The fourth-order valence-corrected chi connectivity index (χ4v) is 7.42. The second-order valence-electron chi connectivity index (χ2n) is 14.2. The Hall–Kier alpha value is -7.71. The van der Waals surface area contributed by atoms with Gasteiger partial charge in [0.05, 0.1) is 11.8 Å². The van der Waals surface area contributed by atoms with E-state index in [1.54, 1.807) is 6.07 Å². The third-order valence-corrected chi connectivity index (χ3v) is 10.2. The number of aliphatic hydroxyl groups excluding tert-OH is 1. The van der Waals surface area contributed by atoms with Gasteiger partial charge in [-0.05, 0) is 57.1 Å². The molecular weight excluding hydrogens is 731 g/mol. The van der Waals surface area contributed by atoms with Gasteiger partial charge in [0.25, 0.3) is 0 Å². The lowest BCUT2D eigenvalue weighted by Crippen LogP contribution is -2.04. The van der Waals surface area contributed by atoms with Crippen LogP contribution >= 0.6 is 0 Å². The van der Waals surface area contributed by atoms with Crippen molar-refractivity contribution >= 4 is 21.8 Å². The van der Waals surface area contributed by atoms with Crippen LogP contribution in [0.5, 0.6) is 0 Å². The van der Waals surface area contributed by atoms with Crippen LogP contribution in [0, 0.1) is 11.3 Å². The molecule has 4 nitrogen and oxygen atoms in total. The maximum atomic E-state index is 9.99. The Morgan fingerprint density at radius 2 is 0.817 bits per heavy atom. The molecule has 0 spiro atoms. The van der Waals surface area contributed by atoms with Crippen LogP contribution in [0.2, 0.25) is 0 Å². The minimum Gasteiger partial charge on any atom is -0.384 e. The molecule has 60 heavy (non-hydrogen) atoms. The number of para-hydroxylation sites is 2. The molecule has 8 aromatic carbocycles. The molecule has 10 aromatic rings. The molecule has 0 aliphatic carbocycles. The highest BCUT2D eigenvalue weighted by Gasteiger charge is 2.24. The molecule has 10 rings (SSSR count). The van der Waals surface area contributed by atoms with Crippen LogP contribution in [0.3, 0.4) is 0 Å². The van der Waals surface area contributed by atoms with Crippen LogP contribution in [0.25, 0.3) is 44.3 Å². The van der Waals surface area contributed by atoms with Crippen LogP contribution in [0.15, 0.2) is 237 Å². The van der Waals surface area contributed by atoms with Gasteiger partial charge in [-0.2, -0.15) is 5.26 Å². The average molecular weight is 778 g/mol. The number of nitriles is 1. The summed E-state index contributed by atoms with van der Waals surface area (Å²) < 4.78 is 0. The standard InChI is InChI=1S/C27H21N.C14H11N.C13H12O.C2H3N/c1-4-12-20(13-5-1)25(21-14-6-2-7-15-21)26-23-18-10-11-19-24(23)28-27(26)22-16-8-3-9-17-22;1-2-6-11(7-3-1)14-10-12-8-4-5-9-13(12)15-14;14-13(11-7-3-1-4-8-11)12-9-5-2-6-10-12;1-2-3/h1-19,25,28H;1-10,15H;1-10,13-14H;1H3. The van der Waals surface area contributed by atoms with Gasteiger partial charge in [-0.1, -0.05) is 218 Å². The molecule has 0 radical (unpaired) electrons. The van der Waals surface area contributed by atoms with E-state index < -0.39 is 6.10 Å². The lowest BCUT2D eigenvalue weighted by molar-refractivity contribution is 0.220. The Balaban J connectivity index is 0.000000143. The number of rotatable bonds is 7. The molecule has 0 fully saturated rings. The van der Waals surface area contributed by atoms with Crippen LogP contribution in [-0.4, -0.2) is 15.1 Å². The molecule has 0 atom stereocenters. The number of hydrogen-bond donors (Lipinski definition) is 3. The second-order valence-corrected chi connectivity index (χ2v) is 14.2. The van der Waals surface area contributed by atoms with E-state index in [4.69, 9.17) is 5.26 Å². The van der Waals surface area contributed by atoms with Crippen molar-refractivity contribution in [1.82, 2.24) is 9.97 Å². The van der Waals surface area contributed by atoms with Gasteiger partial charge in [0.1, 0.15) is 6.10 Å². The first-order valence-electron chi connectivity index (χ1n) is 20.1. The topological polar surface area (TPSA) is 75.6 Å². The highest BCUT2D eigenvalue weighted by molar-refractivity contribution is 5.92. The lowest BCUT2D eigenvalue weighted by atomic mass is 9.82. The van der Waals surface area contributed by atoms with Crippen molar-refractivity contribution in [2.24, 2.45) is 0 Å². The molecule has 0 aliphatic heterocycles. The molecule has 292 valence electrons. The molecule has 0 amide bonds. The number of aromatic amines is 2.